The number of aliphatic hydroxyl groups is 1. The van der Waals surface area contributed by atoms with Gasteiger partial charge in [-0.15, -0.1) is 0 Å². The van der Waals surface area contributed by atoms with Crippen molar-refractivity contribution in [2.45, 2.75) is 26.7 Å². The lowest BCUT2D eigenvalue weighted by Gasteiger charge is -2.18. The first-order valence-corrected chi connectivity index (χ1v) is 22.9. The second kappa shape index (κ2) is 24.1. The minimum absolute atomic E-state index is 0.259. The van der Waals surface area contributed by atoms with E-state index in [1.54, 1.807) is 13.8 Å². The molecule has 0 aliphatic carbocycles. The molecule has 0 rings (SSSR count). The number of aliphatic hydroxyl groups excluding tert-OH is 1. The Morgan fingerprint density at radius 3 is 0.837 bits per heavy atom. The van der Waals surface area contributed by atoms with Crippen LogP contribution in [0.1, 0.15) is 26.7 Å². The Morgan fingerprint density at radius 2 is 0.612 bits per heavy atom. The van der Waals surface area contributed by atoms with Gasteiger partial charge in [-0.2, -0.15) is 0 Å². The van der Waals surface area contributed by atoms with Gasteiger partial charge in [0.1, 0.15) is 0 Å². The molecule has 0 saturated heterocycles. The predicted octanol–water partition coefficient (Wildman–Crippen LogP) is 1.81. The standard InChI is InChI=1S/C18H44O25P6/c1-3-17(13-19)14-42-48(29,30)39-11-9-37-46(25,26)35-7-5-33-45(23,24)34-6-8-36-47(27,28)38-10-12-40-49(31,32)43-16-18(4-2)15-41-44(20,21)22/h17-19H,3-16H2,1-2H3,(H,23,24)(H,25,26)(H,27,28)(H,29,30)(H,31,32)(H2,20,21,22). The Labute approximate surface area is 281 Å². The predicted molar refractivity (Wildman–Crippen MR) is 161 cm³/mol. The molecule has 7 atom stereocenters. The van der Waals surface area contributed by atoms with Gasteiger partial charge >= 0.3 is 46.9 Å². The first-order valence-electron chi connectivity index (χ1n) is 13.9. The molecule has 0 aromatic rings. The lowest BCUT2D eigenvalue weighted by Crippen LogP contribution is -2.15. The molecule has 0 aromatic carbocycles. The highest BCUT2D eigenvalue weighted by atomic mass is 31.2. The maximum Gasteiger partial charge on any atom is 0.472 e. The molecule has 31 heteroatoms. The number of rotatable bonds is 32. The van der Waals surface area contributed by atoms with Crippen LogP contribution in [0.25, 0.3) is 0 Å². The maximum atomic E-state index is 11.9. The maximum absolute atomic E-state index is 11.9. The molecular weight excluding hydrogens is 802 g/mol. The highest BCUT2D eigenvalue weighted by Gasteiger charge is 2.29. The Balaban J connectivity index is 4.22. The van der Waals surface area contributed by atoms with Crippen molar-refractivity contribution < 1.29 is 117 Å². The van der Waals surface area contributed by atoms with Crippen LogP contribution in [0.3, 0.4) is 0 Å². The molecule has 0 amide bonds. The van der Waals surface area contributed by atoms with Crippen molar-refractivity contribution in [1.82, 2.24) is 0 Å². The van der Waals surface area contributed by atoms with Crippen molar-refractivity contribution in [3.63, 3.8) is 0 Å². The Hall–Kier alpha value is 0.620. The summed E-state index contributed by atoms with van der Waals surface area (Å²) in [7, 11) is -28.4. The summed E-state index contributed by atoms with van der Waals surface area (Å²) >= 11 is 0. The van der Waals surface area contributed by atoms with E-state index in [1.165, 1.54) is 0 Å². The molecule has 7 unspecified atom stereocenters. The molecule has 0 heterocycles. The fourth-order valence-electron chi connectivity index (χ4n) is 2.59. The first-order chi connectivity index (χ1) is 22.5. The molecule has 0 fully saturated rings. The van der Waals surface area contributed by atoms with E-state index in [4.69, 9.17) is 14.9 Å². The van der Waals surface area contributed by atoms with Gasteiger partial charge in [-0.25, -0.2) is 27.4 Å². The molecule has 8 N–H and O–H groups in total. The van der Waals surface area contributed by atoms with E-state index in [9.17, 15) is 51.9 Å². The van der Waals surface area contributed by atoms with Gasteiger partial charge in [0.15, 0.2) is 0 Å². The van der Waals surface area contributed by atoms with Crippen LogP contribution in [0.5, 0.6) is 0 Å². The van der Waals surface area contributed by atoms with Crippen molar-refractivity contribution >= 4 is 46.9 Å². The van der Waals surface area contributed by atoms with Crippen LogP contribution in [0, 0.1) is 11.8 Å². The zero-order chi connectivity index (χ0) is 37.8. The summed E-state index contributed by atoms with van der Waals surface area (Å²) in [6.07, 6.45) is 0.726. The SMILES string of the molecule is CCC(CO)COP(=O)(O)OCCOP(=O)(O)OCCOP(=O)(O)OCCOP(=O)(O)OCCOP(=O)(O)OCC(CC)COP(=O)(O)O. The second-order valence-electron chi connectivity index (χ2n) is 9.12. The van der Waals surface area contributed by atoms with Crippen LogP contribution in [0.15, 0.2) is 0 Å². The van der Waals surface area contributed by atoms with E-state index >= 15 is 0 Å². The van der Waals surface area contributed by atoms with Gasteiger partial charge in [0.05, 0.1) is 72.7 Å². The summed E-state index contributed by atoms with van der Waals surface area (Å²) in [5.41, 5.74) is 0. The molecule has 0 aliphatic heterocycles. The van der Waals surface area contributed by atoms with Crippen LogP contribution in [-0.4, -0.2) is 119 Å². The normalized spacial score (nSPS) is 20.0. The number of phosphoric ester groups is 6. The van der Waals surface area contributed by atoms with Gasteiger partial charge in [-0.1, -0.05) is 13.8 Å². The third kappa shape index (κ3) is 28.8. The van der Waals surface area contributed by atoms with Gasteiger partial charge < -0.3 is 39.4 Å². The van der Waals surface area contributed by atoms with Crippen LogP contribution >= 0.6 is 46.9 Å². The van der Waals surface area contributed by atoms with E-state index in [0.29, 0.717) is 6.42 Å². The van der Waals surface area contributed by atoms with Gasteiger partial charge in [0, 0.05) is 18.4 Å². The van der Waals surface area contributed by atoms with Crippen LogP contribution in [-0.2, 0) is 77.2 Å². The zero-order valence-corrected chi connectivity index (χ0v) is 31.6. The molecule has 25 nitrogen and oxygen atoms in total. The molecule has 0 aromatic heterocycles. The molecule has 49 heavy (non-hydrogen) atoms. The molecule has 0 radical (unpaired) electrons. The molecular formula is C18H44O25P6. The van der Waals surface area contributed by atoms with Crippen LogP contribution in [0.4, 0.5) is 0 Å². The van der Waals surface area contributed by atoms with Crippen molar-refractivity contribution in [2.75, 3.05) is 79.3 Å². The van der Waals surface area contributed by atoms with E-state index in [1.807, 2.05) is 0 Å². The summed E-state index contributed by atoms with van der Waals surface area (Å²) in [4.78, 5) is 65.4. The zero-order valence-electron chi connectivity index (χ0n) is 26.3. The third-order valence-corrected chi connectivity index (χ3v) is 10.7. The Kier molecular flexibility index (Phi) is 24.4. The average molecular weight is 846 g/mol. The summed E-state index contributed by atoms with van der Waals surface area (Å²) in [5.74, 6) is -1.08. The molecule has 0 spiro atoms. The lowest BCUT2D eigenvalue weighted by atomic mass is 10.1. The largest absolute Gasteiger partial charge is 0.472 e. The van der Waals surface area contributed by atoms with Crippen LogP contribution in [0.2, 0.25) is 0 Å². The topological polar surface area (TPSA) is 366 Å². The van der Waals surface area contributed by atoms with Crippen LogP contribution < -0.4 is 0 Å². The highest BCUT2D eigenvalue weighted by Crippen LogP contribution is 2.48. The summed E-state index contributed by atoms with van der Waals surface area (Å²) < 4.78 is 120. The molecule has 0 aliphatic rings. The molecule has 296 valence electrons. The quantitative estimate of drug-likeness (QED) is 0.0353. The number of hydrogen-bond acceptors (Lipinski definition) is 18. The van der Waals surface area contributed by atoms with Gasteiger partial charge in [-0.3, -0.25) is 49.8 Å². The van der Waals surface area contributed by atoms with Gasteiger partial charge in [-0.05, 0) is 12.8 Å². The molecule has 0 bridgehead atoms. The summed E-state index contributed by atoms with van der Waals surface area (Å²) in [5, 5.41) is 9.04. The van der Waals surface area contributed by atoms with Gasteiger partial charge in [0.2, 0.25) is 0 Å². The van der Waals surface area contributed by atoms with Crippen molar-refractivity contribution in [3.05, 3.63) is 0 Å². The first kappa shape index (κ1) is 49.6. The average Bonchev–Trinajstić information content (AvgIpc) is 2.98. The fraction of sp³-hybridized carbons (Fsp3) is 1.00. The monoisotopic (exact) mass is 846 g/mol. The van der Waals surface area contributed by atoms with Gasteiger partial charge in [0.25, 0.3) is 0 Å². The molecule has 0 saturated carbocycles. The van der Waals surface area contributed by atoms with E-state index in [-0.39, 0.29) is 19.6 Å². The van der Waals surface area contributed by atoms with E-state index in [2.05, 4.69) is 49.8 Å². The Morgan fingerprint density at radius 1 is 0.388 bits per heavy atom. The highest BCUT2D eigenvalue weighted by molar-refractivity contribution is 7.48. The number of phosphoric acid groups is 6. The summed E-state index contributed by atoms with van der Waals surface area (Å²) in [6.45, 7) is -4.26. The van der Waals surface area contributed by atoms with Crippen molar-refractivity contribution in [3.8, 4) is 0 Å². The fourth-order valence-corrected chi connectivity index (χ4v) is 6.61. The minimum atomic E-state index is -4.83. The minimum Gasteiger partial charge on any atom is -0.396 e. The second-order valence-corrected chi connectivity index (χ2v) is 17.6. The summed E-state index contributed by atoms with van der Waals surface area (Å²) in [6, 6.07) is 0. The number of hydrogen-bond donors (Lipinski definition) is 8. The van der Waals surface area contributed by atoms with Crippen molar-refractivity contribution in [1.29, 1.82) is 0 Å². The van der Waals surface area contributed by atoms with Crippen molar-refractivity contribution in [2.24, 2.45) is 11.8 Å². The third-order valence-electron chi connectivity index (χ3n) is 5.21. The van der Waals surface area contributed by atoms with E-state index < -0.39 is 125 Å². The smallest absolute Gasteiger partial charge is 0.396 e. The lowest BCUT2D eigenvalue weighted by molar-refractivity contribution is 0.0719. The Bertz CT molecular complexity index is 1210. The van der Waals surface area contributed by atoms with E-state index in [0.717, 1.165) is 0 Å².